The second kappa shape index (κ2) is 9.05. The summed E-state index contributed by atoms with van der Waals surface area (Å²) in [6.07, 6.45) is 1.46. The van der Waals surface area contributed by atoms with Crippen LogP contribution in [0.15, 0.2) is 36.5 Å². The number of halogens is 2. The predicted molar refractivity (Wildman–Crippen MR) is 94.3 cm³/mol. The van der Waals surface area contributed by atoms with Crippen LogP contribution in [0.2, 0.25) is 10.0 Å². The Balaban J connectivity index is 1.67. The van der Waals surface area contributed by atoms with Crippen molar-refractivity contribution in [2.75, 3.05) is 25.0 Å². The van der Waals surface area contributed by atoms with Crippen molar-refractivity contribution in [3.05, 3.63) is 56.7 Å². The molecule has 0 radical (unpaired) electrons. The summed E-state index contributed by atoms with van der Waals surface area (Å²) in [4.78, 5) is 25.7. The van der Waals surface area contributed by atoms with Gasteiger partial charge in [0.05, 0.1) is 15.0 Å². The average molecular weight is 385 g/mol. The van der Waals surface area contributed by atoms with E-state index in [1.165, 1.54) is 30.5 Å². The molecule has 2 aromatic rings. The number of amides is 1. The molecule has 25 heavy (non-hydrogen) atoms. The number of nitro benzene ring substituents is 1. The van der Waals surface area contributed by atoms with Gasteiger partial charge < -0.3 is 15.4 Å². The van der Waals surface area contributed by atoms with Crippen molar-refractivity contribution >= 4 is 40.6 Å². The van der Waals surface area contributed by atoms with E-state index >= 15 is 0 Å². The molecule has 0 saturated heterocycles. The second-order valence-electron chi connectivity index (χ2n) is 4.80. The van der Waals surface area contributed by atoms with Crippen LogP contribution in [-0.4, -0.2) is 35.5 Å². The molecule has 10 heteroatoms. The molecule has 0 bridgehead atoms. The normalized spacial score (nSPS) is 10.2. The molecule has 0 aliphatic carbocycles. The van der Waals surface area contributed by atoms with Gasteiger partial charge in [-0.3, -0.25) is 14.9 Å². The molecule has 8 nitrogen and oxygen atoms in total. The number of hydrogen-bond acceptors (Lipinski definition) is 6. The maximum absolute atomic E-state index is 11.7. The van der Waals surface area contributed by atoms with Gasteiger partial charge in [0, 0.05) is 31.4 Å². The number of benzene rings is 1. The van der Waals surface area contributed by atoms with Crippen molar-refractivity contribution in [2.24, 2.45) is 0 Å². The van der Waals surface area contributed by atoms with E-state index in [2.05, 4.69) is 15.6 Å². The van der Waals surface area contributed by atoms with E-state index in [0.717, 1.165) is 0 Å². The minimum atomic E-state index is -0.509. The Morgan fingerprint density at radius 3 is 2.60 bits per heavy atom. The van der Waals surface area contributed by atoms with Crippen LogP contribution in [-0.2, 0) is 4.79 Å². The summed E-state index contributed by atoms with van der Waals surface area (Å²) < 4.78 is 5.25. The van der Waals surface area contributed by atoms with Crippen molar-refractivity contribution in [3.8, 4) is 5.75 Å². The maximum atomic E-state index is 11.7. The summed E-state index contributed by atoms with van der Waals surface area (Å²) in [5, 5.41) is 17.0. The minimum Gasteiger partial charge on any atom is -0.484 e. The number of non-ortho nitro benzene ring substituents is 1. The van der Waals surface area contributed by atoms with Gasteiger partial charge in [0.2, 0.25) is 0 Å². The highest BCUT2D eigenvalue weighted by Gasteiger charge is 2.07. The number of anilines is 1. The van der Waals surface area contributed by atoms with Gasteiger partial charge in [-0.1, -0.05) is 23.2 Å². The molecule has 0 unspecified atom stereocenters. The Morgan fingerprint density at radius 1 is 1.24 bits per heavy atom. The number of hydrogen-bond donors (Lipinski definition) is 2. The summed E-state index contributed by atoms with van der Waals surface area (Å²) in [5.74, 6) is 0.522. The zero-order chi connectivity index (χ0) is 18.2. The first-order valence-corrected chi connectivity index (χ1v) is 7.90. The molecule has 1 amide bonds. The van der Waals surface area contributed by atoms with Gasteiger partial charge in [-0.05, 0) is 18.2 Å². The third-order valence-corrected chi connectivity index (χ3v) is 3.46. The van der Waals surface area contributed by atoms with Crippen LogP contribution in [0.3, 0.4) is 0 Å². The highest BCUT2D eigenvalue weighted by Crippen LogP contribution is 2.22. The van der Waals surface area contributed by atoms with Crippen molar-refractivity contribution in [2.45, 2.75) is 0 Å². The largest absolute Gasteiger partial charge is 0.484 e. The number of carbonyl (C=O) groups is 1. The van der Waals surface area contributed by atoms with Gasteiger partial charge in [0.25, 0.3) is 11.6 Å². The molecular weight excluding hydrogens is 371 g/mol. The van der Waals surface area contributed by atoms with Crippen LogP contribution >= 0.6 is 23.2 Å². The molecular formula is C15H14Cl2N4O4. The first-order valence-electron chi connectivity index (χ1n) is 7.14. The van der Waals surface area contributed by atoms with E-state index < -0.39 is 4.92 Å². The van der Waals surface area contributed by atoms with E-state index in [4.69, 9.17) is 27.9 Å². The lowest BCUT2D eigenvalue weighted by atomic mass is 10.3. The average Bonchev–Trinajstić information content (AvgIpc) is 2.58. The number of nitrogens with zero attached hydrogens (tertiary/aromatic N) is 2. The number of ether oxygens (including phenoxy) is 1. The standard InChI is InChI=1S/C15H14Cl2N4O4/c16-10-7-13(17)15(20-8-10)19-6-5-18-14(22)9-25-12-3-1-11(2-4-12)21(23)24/h1-4,7-8H,5-6,9H2,(H,18,22)(H,19,20). The summed E-state index contributed by atoms with van der Waals surface area (Å²) >= 11 is 11.7. The second-order valence-corrected chi connectivity index (χ2v) is 5.64. The zero-order valence-electron chi connectivity index (χ0n) is 12.9. The van der Waals surface area contributed by atoms with E-state index in [1.807, 2.05) is 0 Å². The number of aromatic nitrogens is 1. The number of carbonyl (C=O) groups excluding carboxylic acids is 1. The molecule has 0 saturated carbocycles. The van der Waals surface area contributed by atoms with Crippen LogP contribution in [0.5, 0.6) is 5.75 Å². The van der Waals surface area contributed by atoms with Crippen LogP contribution < -0.4 is 15.4 Å². The Bertz CT molecular complexity index is 756. The van der Waals surface area contributed by atoms with Crippen molar-refractivity contribution in [3.63, 3.8) is 0 Å². The lowest BCUT2D eigenvalue weighted by molar-refractivity contribution is -0.384. The first-order chi connectivity index (χ1) is 12.0. The first kappa shape index (κ1) is 18.8. The van der Waals surface area contributed by atoms with Gasteiger partial charge in [0.15, 0.2) is 6.61 Å². The fraction of sp³-hybridized carbons (Fsp3) is 0.200. The topological polar surface area (TPSA) is 106 Å². The summed E-state index contributed by atoms with van der Waals surface area (Å²) in [7, 11) is 0. The Labute approximate surface area is 153 Å². The van der Waals surface area contributed by atoms with Gasteiger partial charge in [-0.15, -0.1) is 0 Å². The van der Waals surface area contributed by atoms with E-state index in [1.54, 1.807) is 6.07 Å². The fourth-order valence-electron chi connectivity index (χ4n) is 1.79. The molecule has 0 spiro atoms. The maximum Gasteiger partial charge on any atom is 0.269 e. The molecule has 2 rings (SSSR count). The molecule has 0 aliphatic heterocycles. The van der Waals surface area contributed by atoms with Crippen LogP contribution in [0.1, 0.15) is 0 Å². The minimum absolute atomic E-state index is 0.0441. The molecule has 2 N–H and O–H groups in total. The van der Waals surface area contributed by atoms with Gasteiger partial charge >= 0.3 is 0 Å². The van der Waals surface area contributed by atoms with E-state index in [0.29, 0.717) is 34.7 Å². The fourth-order valence-corrected chi connectivity index (χ4v) is 2.24. The Hall–Kier alpha value is -2.58. The number of nitrogens with one attached hydrogen (secondary N) is 2. The summed E-state index contributed by atoms with van der Waals surface area (Å²) in [6, 6.07) is 7.04. The summed E-state index contributed by atoms with van der Waals surface area (Å²) in [5.41, 5.74) is -0.0441. The SMILES string of the molecule is O=C(COc1ccc([N+](=O)[O-])cc1)NCCNc1ncc(Cl)cc1Cl. The highest BCUT2D eigenvalue weighted by atomic mass is 35.5. The van der Waals surface area contributed by atoms with Crippen molar-refractivity contribution in [1.82, 2.24) is 10.3 Å². The third kappa shape index (κ3) is 6.09. The lowest BCUT2D eigenvalue weighted by Crippen LogP contribution is -2.32. The number of nitro groups is 1. The zero-order valence-corrected chi connectivity index (χ0v) is 14.4. The Morgan fingerprint density at radius 2 is 1.96 bits per heavy atom. The predicted octanol–water partition coefficient (Wildman–Crippen LogP) is 2.90. The highest BCUT2D eigenvalue weighted by molar-refractivity contribution is 6.35. The van der Waals surface area contributed by atoms with Crippen LogP contribution in [0, 0.1) is 10.1 Å². The monoisotopic (exact) mass is 384 g/mol. The van der Waals surface area contributed by atoms with Crippen molar-refractivity contribution in [1.29, 1.82) is 0 Å². The van der Waals surface area contributed by atoms with Crippen LogP contribution in [0.4, 0.5) is 11.5 Å². The van der Waals surface area contributed by atoms with Crippen molar-refractivity contribution < 1.29 is 14.5 Å². The molecule has 0 atom stereocenters. The lowest BCUT2D eigenvalue weighted by Gasteiger charge is -2.09. The van der Waals surface area contributed by atoms with E-state index in [-0.39, 0.29) is 18.2 Å². The van der Waals surface area contributed by atoms with Gasteiger partial charge in [-0.2, -0.15) is 0 Å². The molecule has 1 aromatic carbocycles. The van der Waals surface area contributed by atoms with Crippen LogP contribution in [0.25, 0.3) is 0 Å². The molecule has 0 fully saturated rings. The molecule has 0 aliphatic rings. The quantitative estimate of drug-likeness (QED) is 0.411. The molecule has 1 heterocycles. The van der Waals surface area contributed by atoms with E-state index in [9.17, 15) is 14.9 Å². The van der Waals surface area contributed by atoms with Gasteiger partial charge in [-0.25, -0.2) is 4.98 Å². The molecule has 1 aromatic heterocycles. The third-order valence-electron chi connectivity index (χ3n) is 2.96. The summed E-state index contributed by atoms with van der Waals surface area (Å²) in [6.45, 7) is 0.554. The van der Waals surface area contributed by atoms with Gasteiger partial charge in [0.1, 0.15) is 11.6 Å². The Kier molecular flexibility index (Phi) is 6.79. The number of rotatable bonds is 8. The smallest absolute Gasteiger partial charge is 0.269 e. The number of pyridine rings is 1. The molecule has 132 valence electrons.